The number of carboxylic acid groups (broad SMARTS) is 1. The van der Waals surface area contributed by atoms with E-state index in [1.165, 1.54) is 6.20 Å². The van der Waals surface area contributed by atoms with E-state index >= 15 is 0 Å². The van der Waals surface area contributed by atoms with Gasteiger partial charge in [-0.2, -0.15) is 0 Å². The predicted octanol–water partition coefficient (Wildman–Crippen LogP) is -1.13. The highest BCUT2D eigenvalue weighted by Gasteiger charge is 2.08. The van der Waals surface area contributed by atoms with Crippen LogP contribution < -0.4 is 12.4 Å². The maximum absolute atomic E-state index is 10.7. The molecule has 0 aliphatic carbocycles. The van der Waals surface area contributed by atoms with Gasteiger partial charge in [0.25, 0.3) is 0 Å². The van der Waals surface area contributed by atoms with Crippen LogP contribution in [0.15, 0.2) is 30.5 Å². The van der Waals surface area contributed by atoms with Crippen LogP contribution >= 0.6 is 0 Å². The van der Waals surface area contributed by atoms with E-state index in [9.17, 15) is 4.79 Å². The molecule has 0 fully saturated rings. The lowest BCUT2D eigenvalue weighted by atomic mass is 10.2. The number of rotatable bonds is 1. The van der Waals surface area contributed by atoms with E-state index in [-0.39, 0.29) is 12.4 Å². The summed E-state index contributed by atoms with van der Waals surface area (Å²) in [5.74, 6) is -0.896. The molecule has 1 heterocycles. The number of aromatic nitrogens is 1. The fourth-order valence-electron chi connectivity index (χ4n) is 1.25. The number of para-hydroxylation sites is 1. The lowest BCUT2D eigenvalue weighted by Gasteiger charge is -1.89. The van der Waals surface area contributed by atoms with Crippen LogP contribution in [0.5, 0.6) is 0 Å². The number of fused-ring (bicyclic) bond motifs is 1. The number of nitrogens with one attached hydrogen (secondary N) is 1. The highest BCUT2D eigenvalue weighted by molar-refractivity contribution is 6.02. The summed E-state index contributed by atoms with van der Waals surface area (Å²) in [5.41, 5.74) is 1.18. The Bertz CT molecular complexity index is 436. The van der Waals surface area contributed by atoms with Gasteiger partial charge < -0.3 is 22.5 Å². The first-order valence-corrected chi connectivity index (χ1v) is 3.58. The Balaban J connectivity index is 0.000000845. The minimum Gasteiger partial charge on any atom is -1.00 e. The van der Waals surface area contributed by atoms with Crippen molar-refractivity contribution >= 4 is 16.9 Å². The maximum atomic E-state index is 10.7. The predicted molar refractivity (Wildman–Crippen MR) is 45.3 cm³/mol. The zero-order chi connectivity index (χ0) is 8.55. The first-order chi connectivity index (χ1) is 5.79. The van der Waals surface area contributed by atoms with Crippen LogP contribution in [-0.4, -0.2) is 16.1 Å². The second-order valence-corrected chi connectivity index (χ2v) is 2.55. The smallest absolute Gasteiger partial charge is 0.337 e. The van der Waals surface area contributed by atoms with Crippen molar-refractivity contribution in [3.05, 3.63) is 36.0 Å². The van der Waals surface area contributed by atoms with E-state index in [1.54, 1.807) is 6.07 Å². The molecule has 0 unspecified atom stereocenters. The van der Waals surface area contributed by atoms with Gasteiger partial charge in [-0.05, 0) is 6.07 Å². The van der Waals surface area contributed by atoms with Crippen molar-refractivity contribution in [1.82, 2.24) is 4.98 Å². The summed E-state index contributed by atoms with van der Waals surface area (Å²) in [6.07, 6.45) is 1.51. The first kappa shape index (κ1) is 9.61. The van der Waals surface area contributed by atoms with E-state index in [4.69, 9.17) is 5.11 Å². The molecule has 1 aromatic heterocycles. The lowest BCUT2D eigenvalue weighted by Crippen LogP contribution is -3.00. The first-order valence-electron chi connectivity index (χ1n) is 3.58. The zero-order valence-corrected chi connectivity index (χ0v) is 7.38. The number of hydrogen-bond acceptors (Lipinski definition) is 1. The Morgan fingerprint density at radius 1 is 1.31 bits per heavy atom. The third kappa shape index (κ3) is 1.51. The van der Waals surface area contributed by atoms with Crippen LogP contribution in [0.1, 0.15) is 10.4 Å². The van der Waals surface area contributed by atoms with Crippen molar-refractivity contribution in [2.24, 2.45) is 0 Å². The van der Waals surface area contributed by atoms with Gasteiger partial charge in [0.15, 0.2) is 0 Å². The molecule has 0 aliphatic rings. The quantitative estimate of drug-likeness (QED) is 0.607. The molecule has 4 heteroatoms. The Kier molecular flexibility index (Phi) is 2.58. The molecule has 0 radical (unpaired) electrons. The van der Waals surface area contributed by atoms with Crippen LogP contribution in [0.25, 0.3) is 10.9 Å². The minimum absolute atomic E-state index is 0. The van der Waals surface area contributed by atoms with Crippen LogP contribution in [0.4, 0.5) is 0 Å². The lowest BCUT2D eigenvalue weighted by molar-refractivity contribution is -0.0000181. The number of hydrogen-bond donors (Lipinski definition) is 2. The SMILES string of the molecule is O=C(O)c1c[nH]c2ccccc12.[Cl-]. The molecular formula is C9H7ClNO2-. The molecule has 0 atom stereocenters. The van der Waals surface area contributed by atoms with Gasteiger partial charge in [0.05, 0.1) is 5.56 Å². The highest BCUT2D eigenvalue weighted by Crippen LogP contribution is 2.16. The number of halogens is 1. The highest BCUT2D eigenvalue weighted by atomic mass is 35.5. The molecule has 0 saturated carbocycles. The fourth-order valence-corrected chi connectivity index (χ4v) is 1.25. The van der Waals surface area contributed by atoms with Gasteiger partial charge in [0.1, 0.15) is 0 Å². The molecule has 0 bridgehead atoms. The number of benzene rings is 1. The molecule has 0 saturated heterocycles. The normalized spacial score (nSPS) is 9.54. The van der Waals surface area contributed by atoms with Crippen molar-refractivity contribution in [2.75, 3.05) is 0 Å². The van der Waals surface area contributed by atoms with Crippen LogP contribution in [0, 0.1) is 0 Å². The van der Waals surface area contributed by atoms with E-state index in [1.807, 2.05) is 18.2 Å². The van der Waals surface area contributed by atoms with Gasteiger partial charge in [-0.15, -0.1) is 0 Å². The summed E-state index contributed by atoms with van der Waals surface area (Å²) in [4.78, 5) is 13.5. The van der Waals surface area contributed by atoms with Crippen LogP contribution in [0.2, 0.25) is 0 Å². The van der Waals surface area contributed by atoms with Crippen molar-refractivity contribution in [1.29, 1.82) is 0 Å². The van der Waals surface area contributed by atoms with Gasteiger partial charge in [-0.1, -0.05) is 18.2 Å². The standard InChI is InChI=1S/C9H7NO2.ClH/c11-9(12)7-5-10-8-4-2-1-3-6(7)8;/h1-5,10H,(H,11,12);1H/p-1. The molecule has 68 valence electrons. The number of carboxylic acids is 1. The average Bonchev–Trinajstić information content (AvgIpc) is 2.47. The second-order valence-electron chi connectivity index (χ2n) is 2.55. The van der Waals surface area contributed by atoms with Crippen LogP contribution in [-0.2, 0) is 0 Å². The monoisotopic (exact) mass is 196 g/mol. The van der Waals surface area contributed by atoms with E-state index in [2.05, 4.69) is 4.98 Å². The van der Waals surface area contributed by atoms with Crippen molar-refractivity contribution in [2.45, 2.75) is 0 Å². The number of aromatic amines is 1. The summed E-state index contributed by atoms with van der Waals surface area (Å²) in [5, 5.41) is 9.51. The molecule has 0 aliphatic heterocycles. The van der Waals surface area contributed by atoms with E-state index < -0.39 is 5.97 Å². The molecule has 1 aromatic carbocycles. The zero-order valence-electron chi connectivity index (χ0n) is 6.62. The molecule has 3 nitrogen and oxygen atoms in total. The largest absolute Gasteiger partial charge is 1.00 e. The van der Waals surface area contributed by atoms with Gasteiger partial charge in [-0.25, -0.2) is 4.79 Å². The third-order valence-electron chi connectivity index (χ3n) is 1.82. The van der Waals surface area contributed by atoms with Gasteiger partial charge in [-0.3, -0.25) is 0 Å². The summed E-state index contributed by atoms with van der Waals surface area (Å²) in [6.45, 7) is 0. The average molecular weight is 197 g/mol. The molecule has 0 amide bonds. The Labute approximate surface area is 80.8 Å². The topological polar surface area (TPSA) is 53.1 Å². The maximum Gasteiger partial charge on any atom is 0.337 e. The van der Waals surface area contributed by atoms with Gasteiger partial charge in [0, 0.05) is 17.1 Å². The van der Waals surface area contributed by atoms with Crippen molar-refractivity contribution in [3.8, 4) is 0 Å². The van der Waals surface area contributed by atoms with Gasteiger partial charge in [0.2, 0.25) is 0 Å². The Morgan fingerprint density at radius 3 is 2.69 bits per heavy atom. The van der Waals surface area contributed by atoms with Crippen molar-refractivity contribution < 1.29 is 22.3 Å². The second kappa shape index (κ2) is 3.49. The third-order valence-corrected chi connectivity index (χ3v) is 1.82. The summed E-state index contributed by atoms with van der Waals surface area (Å²) in [6, 6.07) is 7.32. The number of H-pyrrole nitrogens is 1. The summed E-state index contributed by atoms with van der Waals surface area (Å²) >= 11 is 0. The number of aromatic carboxylic acids is 1. The summed E-state index contributed by atoms with van der Waals surface area (Å²) in [7, 11) is 0. The fraction of sp³-hybridized carbons (Fsp3) is 0. The molecule has 2 rings (SSSR count). The van der Waals surface area contributed by atoms with E-state index in [0.29, 0.717) is 5.56 Å². The van der Waals surface area contributed by atoms with Crippen LogP contribution in [0.3, 0.4) is 0 Å². The van der Waals surface area contributed by atoms with E-state index in [0.717, 1.165) is 10.9 Å². The summed E-state index contributed by atoms with van der Waals surface area (Å²) < 4.78 is 0. The molecule has 2 N–H and O–H groups in total. The Morgan fingerprint density at radius 2 is 2.00 bits per heavy atom. The molecule has 0 spiro atoms. The molecule has 2 aromatic rings. The Hall–Kier alpha value is -1.48. The van der Waals surface area contributed by atoms with Crippen molar-refractivity contribution in [3.63, 3.8) is 0 Å². The minimum atomic E-state index is -0.896. The molecular weight excluding hydrogens is 190 g/mol. The number of carbonyl (C=O) groups is 1. The molecule has 13 heavy (non-hydrogen) atoms. The van der Waals surface area contributed by atoms with Gasteiger partial charge >= 0.3 is 5.97 Å².